The van der Waals surface area contributed by atoms with Crippen LogP contribution in [0.4, 0.5) is 0 Å². The monoisotopic (exact) mass is 1470 g/mol. The first kappa shape index (κ1) is 92.5. The van der Waals surface area contributed by atoms with Crippen LogP contribution in [0.15, 0.2) is 140 Å². The number of halogens is 1. The molecule has 16 nitrogen and oxygen atoms in total. The molecule has 0 fully saturated rings. The van der Waals surface area contributed by atoms with Crippen LogP contribution in [0, 0.1) is 122 Å². The minimum atomic E-state index is -0.855. The first-order chi connectivity index (χ1) is 50.2. The summed E-state index contributed by atoms with van der Waals surface area (Å²) >= 11 is 5.70. The molecule has 8 aromatic carbocycles. The fraction of sp³-hybridized carbons (Fsp3) is 0.371. The lowest BCUT2D eigenvalue weighted by atomic mass is 9.94. The Kier molecular flexibility index (Phi) is 43.0. The zero-order valence-electron chi connectivity index (χ0n) is 66.3. The molecule has 0 spiro atoms. The normalized spacial score (nSPS) is 11.6. The second kappa shape index (κ2) is 49.3. The highest BCUT2D eigenvalue weighted by Gasteiger charge is 2.17. The maximum Gasteiger partial charge on any atom is 0.335 e. The molecule has 10 rings (SSSR count). The Morgan fingerprint density at radius 2 is 0.962 bits per heavy atom. The van der Waals surface area contributed by atoms with E-state index < -0.39 is 11.9 Å². The molecular formula is C89H116ClN5O11. The predicted octanol–water partition coefficient (Wildman–Crippen LogP) is 16.2. The number of methoxy groups -OCH3 is 3. The van der Waals surface area contributed by atoms with Crippen LogP contribution < -0.4 is 21.7 Å². The van der Waals surface area contributed by atoms with Gasteiger partial charge in [0.15, 0.2) is 6.29 Å². The third-order valence-corrected chi connectivity index (χ3v) is 19.5. The van der Waals surface area contributed by atoms with E-state index in [0.717, 1.165) is 68.6 Å². The molecule has 0 aliphatic carbocycles. The first-order valence-electron chi connectivity index (χ1n) is 35.5. The van der Waals surface area contributed by atoms with Gasteiger partial charge in [-0.05, 0) is 275 Å². The third-order valence-electron chi connectivity index (χ3n) is 19.2. The third kappa shape index (κ3) is 32.0. The van der Waals surface area contributed by atoms with E-state index in [-0.39, 0.29) is 43.1 Å². The van der Waals surface area contributed by atoms with E-state index in [1.807, 2.05) is 114 Å². The van der Waals surface area contributed by atoms with Crippen molar-refractivity contribution in [3.63, 3.8) is 0 Å². The number of nitrogens with two attached hydrogens (primary N) is 1. The van der Waals surface area contributed by atoms with Gasteiger partial charge < -0.3 is 51.2 Å². The van der Waals surface area contributed by atoms with Crippen molar-refractivity contribution >= 4 is 47.3 Å². The first-order valence-corrected chi connectivity index (χ1v) is 36.0. The van der Waals surface area contributed by atoms with Crippen LogP contribution in [0.5, 0.6) is 0 Å². The molecule has 0 bridgehead atoms. The van der Waals surface area contributed by atoms with Crippen molar-refractivity contribution < 1.29 is 53.5 Å². The number of alkyl halides is 1. The number of aliphatic hydroxyl groups is 1. The van der Waals surface area contributed by atoms with Crippen LogP contribution in [-0.4, -0.2) is 98.3 Å². The van der Waals surface area contributed by atoms with Gasteiger partial charge in [-0.15, -0.1) is 11.6 Å². The number of nitrogens with one attached hydrogen (secondary N) is 3. The number of aliphatic carboxylic acids is 1. The molecule has 2 aliphatic heterocycles. The average molecular weight is 1470 g/mol. The Labute approximate surface area is 636 Å². The van der Waals surface area contributed by atoms with Crippen LogP contribution in [0.3, 0.4) is 0 Å². The van der Waals surface area contributed by atoms with Gasteiger partial charge in [0.25, 0.3) is 0 Å². The molecule has 8 N–H and O–H groups in total. The zero-order valence-corrected chi connectivity index (χ0v) is 67.1. The molecule has 1 atom stereocenters. The lowest BCUT2D eigenvalue weighted by molar-refractivity contribution is -0.136. The molecule has 2 aliphatic rings. The molecule has 570 valence electrons. The number of amides is 3. The van der Waals surface area contributed by atoms with Gasteiger partial charge in [-0.1, -0.05) is 127 Å². The summed E-state index contributed by atoms with van der Waals surface area (Å²) in [6, 6.07) is 45.9. The summed E-state index contributed by atoms with van der Waals surface area (Å²) in [5, 5.41) is 43.1. The Balaban J connectivity index is 0.000000408. The maximum atomic E-state index is 11.7. The number of nitrogens with zero attached hydrogens (tertiary/aromatic N) is 1. The molecule has 3 amide bonds. The number of carboxylic acid groups (broad SMARTS) is 2. The summed E-state index contributed by atoms with van der Waals surface area (Å²) in [7, 11) is 4.75. The van der Waals surface area contributed by atoms with Gasteiger partial charge in [0, 0.05) is 53.0 Å². The number of carboxylic acids is 2. The Bertz CT molecular complexity index is 4170. The Hall–Kier alpha value is -9.57. The largest absolute Gasteiger partial charge is 0.481 e. The number of rotatable bonds is 14. The van der Waals surface area contributed by atoms with Gasteiger partial charge in [0.2, 0.25) is 17.7 Å². The van der Waals surface area contributed by atoms with Gasteiger partial charge >= 0.3 is 11.9 Å². The molecule has 17 heteroatoms. The topological polar surface area (TPSA) is 260 Å². The number of benzene rings is 8. The van der Waals surface area contributed by atoms with Crippen molar-refractivity contribution in [3.8, 4) is 6.07 Å². The SMILES string of the molecule is COC(C)CNC(=O)Cc1cccc(C)c1C.COC(CN)OC.Cc1ccc2c(c1C)CC(=O)NC=C2.Cc1ccc2c(c1C)CC(=O)NCC2.Cc1cccc(C(=O)O)c1C.Cc1cccc(CC#N)c1C.Cc1cccc(CC(=O)O)c1C.Cc1cccc(CCl)c1C.Cc1cccc(CO)c1C. The van der Waals surface area contributed by atoms with E-state index in [1.165, 1.54) is 83.5 Å². The number of carbonyl (C=O) groups excluding carboxylic acids is 3. The summed E-state index contributed by atoms with van der Waals surface area (Å²) < 4.78 is 14.5. The second-order valence-corrected chi connectivity index (χ2v) is 26.6. The minimum absolute atomic E-state index is 0.0441. The molecule has 8 aromatic rings. The number of carbonyl (C=O) groups is 5. The molecule has 0 saturated heterocycles. The fourth-order valence-electron chi connectivity index (χ4n) is 10.7. The fourth-order valence-corrected chi connectivity index (χ4v) is 11.0. The lowest BCUT2D eigenvalue weighted by Crippen LogP contribution is -2.32. The Morgan fingerprint density at radius 3 is 1.40 bits per heavy atom. The van der Waals surface area contributed by atoms with E-state index in [9.17, 15) is 24.0 Å². The van der Waals surface area contributed by atoms with Crippen molar-refractivity contribution in [1.82, 2.24) is 16.0 Å². The quantitative estimate of drug-likeness (QED) is 0.0395. The number of aryl methyl sites for hydroxylation is 8. The van der Waals surface area contributed by atoms with E-state index in [1.54, 1.807) is 39.7 Å². The Morgan fingerprint density at radius 1 is 0.538 bits per heavy atom. The van der Waals surface area contributed by atoms with Gasteiger partial charge in [-0.3, -0.25) is 19.2 Å². The summed E-state index contributed by atoms with van der Waals surface area (Å²) in [6.45, 7) is 36.3. The summed E-state index contributed by atoms with van der Waals surface area (Å²) in [6.07, 6.45) is 6.54. The van der Waals surface area contributed by atoms with Crippen LogP contribution in [-0.2, 0) is 84.4 Å². The number of fused-ring (bicyclic) bond motifs is 2. The van der Waals surface area contributed by atoms with Crippen LogP contribution in [0.1, 0.15) is 156 Å². The van der Waals surface area contributed by atoms with Gasteiger partial charge in [-0.2, -0.15) is 5.26 Å². The standard InChI is InChI=1S/C14H21NO2.C12H15NO.C12H13NO.C10H11N.C10H12O2.C9H11Cl.C9H10O2.C9H12O.C4H11NO2/c1-10-6-5-7-13(12(10)3)8-14(16)15-9-11(2)17-4;2*1-8-3-4-10-5-6-13-12(14)7-11(10)9(8)2;1-8-4-3-5-10(6-7-11)9(8)2;1-7-4-3-5-9(8(7)2)6-10(11)12;1-7-4-3-5-9(6-10)8(7)2;1-6-4-3-5-8(7(6)2)9(10)11;1-7-4-3-5-9(6-10)8(7)2;1-6-4(3-5)7-2/h5-7,11H,8-9H2,1-4H3,(H,15,16);3-4H,5-7H2,1-2H3,(H,13,14);3-6H,7H2,1-2H3,(H,13,14);3-5H,6H2,1-2H3;3-5H,6H2,1-2H3,(H,11,12);3-5H,6H2,1-2H3;3-5H,1-2H3,(H,10,11);3-5,10H,6H2,1-2H3;4H,3,5H2,1-2H3. The summed E-state index contributed by atoms with van der Waals surface area (Å²) in [4.78, 5) is 55.5. The van der Waals surface area contributed by atoms with Crippen molar-refractivity contribution in [3.05, 3.63) is 284 Å². The molecular weight excluding hydrogens is 1350 g/mol. The lowest BCUT2D eigenvalue weighted by Gasteiger charge is -2.12. The van der Waals surface area contributed by atoms with Crippen molar-refractivity contribution in [2.24, 2.45) is 5.73 Å². The van der Waals surface area contributed by atoms with E-state index >= 15 is 0 Å². The van der Waals surface area contributed by atoms with Crippen molar-refractivity contribution in [2.75, 3.05) is 41.0 Å². The van der Waals surface area contributed by atoms with E-state index in [0.29, 0.717) is 50.2 Å². The highest BCUT2D eigenvalue weighted by molar-refractivity contribution is 6.17. The number of aliphatic hydroxyl groups excluding tert-OH is 1. The van der Waals surface area contributed by atoms with Gasteiger partial charge in [0.1, 0.15) is 0 Å². The van der Waals surface area contributed by atoms with Crippen LogP contribution in [0.25, 0.3) is 6.08 Å². The van der Waals surface area contributed by atoms with Crippen LogP contribution in [0.2, 0.25) is 0 Å². The van der Waals surface area contributed by atoms with Crippen molar-refractivity contribution in [1.29, 1.82) is 5.26 Å². The molecule has 2 heterocycles. The average Bonchev–Trinajstić information content (AvgIpc) is 1.52. The van der Waals surface area contributed by atoms with Gasteiger partial charge in [-0.25, -0.2) is 4.79 Å². The number of hydrogen-bond donors (Lipinski definition) is 7. The predicted molar refractivity (Wildman–Crippen MR) is 432 cm³/mol. The molecule has 1 unspecified atom stereocenters. The highest BCUT2D eigenvalue weighted by Crippen LogP contribution is 2.24. The number of aromatic carboxylic acids is 1. The maximum absolute atomic E-state index is 11.7. The molecule has 0 saturated carbocycles. The molecule has 0 aromatic heterocycles. The molecule has 0 radical (unpaired) electrons. The van der Waals surface area contributed by atoms with Crippen molar-refractivity contribution in [2.45, 2.75) is 181 Å². The number of ether oxygens (including phenoxy) is 3. The number of hydrogen-bond acceptors (Lipinski definition) is 11. The number of nitriles is 1. The summed E-state index contributed by atoms with van der Waals surface area (Å²) in [5.41, 5.74) is 34.9. The minimum Gasteiger partial charge on any atom is -0.481 e. The summed E-state index contributed by atoms with van der Waals surface area (Å²) in [5.74, 6) is -0.753. The second-order valence-electron chi connectivity index (χ2n) is 26.3. The highest BCUT2D eigenvalue weighted by atomic mass is 35.5. The van der Waals surface area contributed by atoms with E-state index in [4.69, 9.17) is 52.1 Å². The van der Waals surface area contributed by atoms with E-state index in [2.05, 4.69) is 153 Å². The molecule has 106 heavy (non-hydrogen) atoms. The zero-order chi connectivity index (χ0) is 79.8. The van der Waals surface area contributed by atoms with Gasteiger partial charge in [0.05, 0.1) is 56.4 Å². The smallest absolute Gasteiger partial charge is 0.335 e. The van der Waals surface area contributed by atoms with Crippen LogP contribution >= 0.6 is 11.6 Å².